The number of hydrogen-bond acceptors (Lipinski definition) is 4. The number of hydrogen-bond donors (Lipinski definition) is 1. The van der Waals surface area contributed by atoms with Gasteiger partial charge in [0.1, 0.15) is 0 Å². The zero-order valence-corrected chi connectivity index (χ0v) is 7.79. The van der Waals surface area contributed by atoms with Gasteiger partial charge in [-0.3, -0.25) is 0 Å². The van der Waals surface area contributed by atoms with Crippen LogP contribution in [0, 0.1) is 13.8 Å². The molecule has 12 heavy (non-hydrogen) atoms. The summed E-state index contributed by atoms with van der Waals surface area (Å²) in [4.78, 5) is 9.85. The number of nitrogens with zero attached hydrogens (tertiary/aromatic N) is 3. The van der Waals surface area contributed by atoms with Crippen LogP contribution < -0.4 is 4.90 Å². The first-order valence-electron chi connectivity index (χ1n) is 3.74. The molecular weight excluding hydrogens is 154 g/mol. The van der Waals surface area contributed by atoms with Crippen LogP contribution >= 0.6 is 0 Å². The zero-order valence-electron chi connectivity index (χ0n) is 7.79. The SMILES string of the molecule is Cc1nc(N(C)C)nc(O)c1C. The lowest BCUT2D eigenvalue weighted by molar-refractivity contribution is 0.446. The molecule has 0 saturated carbocycles. The summed E-state index contributed by atoms with van der Waals surface area (Å²) in [6, 6.07) is 0. The highest BCUT2D eigenvalue weighted by molar-refractivity contribution is 5.37. The summed E-state index contributed by atoms with van der Waals surface area (Å²) in [5.74, 6) is 0.599. The molecule has 0 aliphatic heterocycles. The van der Waals surface area contributed by atoms with Crippen molar-refractivity contribution >= 4 is 5.95 Å². The minimum absolute atomic E-state index is 0.0613. The Hall–Kier alpha value is -1.32. The topological polar surface area (TPSA) is 49.2 Å². The van der Waals surface area contributed by atoms with Crippen LogP contribution in [-0.2, 0) is 0 Å². The maximum atomic E-state index is 9.35. The molecule has 0 aliphatic rings. The van der Waals surface area contributed by atoms with Gasteiger partial charge in [-0.15, -0.1) is 0 Å². The monoisotopic (exact) mass is 167 g/mol. The van der Waals surface area contributed by atoms with Gasteiger partial charge in [-0.2, -0.15) is 4.98 Å². The summed E-state index contributed by atoms with van der Waals surface area (Å²) < 4.78 is 0. The van der Waals surface area contributed by atoms with Crippen LogP contribution in [0.15, 0.2) is 0 Å². The second-order valence-corrected chi connectivity index (χ2v) is 2.95. The van der Waals surface area contributed by atoms with Crippen molar-refractivity contribution in [2.45, 2.75) is 13.8 Å². The number of aromatic hydroxyl groups is 1. The van der Waals surface area contributed by atoms with Crippen molar-refractivity contribution in [1.29, 1.82) is 0 Å². The fourth-order valence-corrected chi connectivity index (χ4v) is 0.799. The molecule has 0 spiro atoms. The Morgan fingerprint density at radius 2 is 1.75 bits per heavy atom. The lowest BCUT2D eigenvalue weighted by Gasteiger charge is -2.11. The number of rotatable bonds is 1. The van der Waals surface area contributed by atoms with Crippen molar-refractivity contribution in [1.82, 2.24) is 9.97 Å². The molecule has 0 bridgehead atoms. The standard InChI is InChI=1S/C8H13N3O/c1-5-6(2)9-8(11(3)4)10-7(5)12/h1-4H3,(H,9,10,12). The van der Waals surface area contributed by atoms with Crippen molar-refractivity contribution in [2.24, 2.45) is 0 Å². The third-order valence-corrected chi connectivity index (χ3v) is 1.75. The van der Waals surface area contributed by atoms with E-state index in [1.807, 2.05) is 21.0 Å². The van der Waals surface area contributed by atoms with Crippen LogP contribution in [0.4, 0.5) is 5.95 Å². The average molecular weight is 167 g/mol. The first-order chi connectivity index (χ1) is 5.52. The first kappa shape index (κ1) is 8.77. The maximum absolute atomic E-state index is 9.35. The zero-order chi connectivity index (χ0) is 9.30. The fourth-order valence-electron chi connectivity index (χ4n) is 0.799. The molecule has 1 heterocycles. The molecule has 0 fully saturated rings. The largest absolute Gasteiger partial charge is 0.493 e. The Bertz CT molecular complexity index is 273. The highest BCUT2D eigenvalue weighted by Crippen LogP contribution is 2.18. The molecule has 4 nitrogen and oxygen atoms in total. The highest BCUT2D eigenvalue weighted by Gasteiger charge is 2.06. The van der Waals surface area contributed by atoms with Crippen molar-refractivity contribution in [3.8, 4) is 5.88 Å². The van der Waals surface area contributed by atoms with Gasteiger partial charge in [0.15, 0.2) is 0 Å². The molecule has 0 aromatic carbocycles. The van der Waals surface area contributed by atoms with Crippen molar-refractivity contribution in [3.05, 3.63) is 11.3 Å². The van der Waals surface area contributed by atoms with Gasteiger partial charge >= 0.3 is 0 Å². The average Bonchev–Trinajstić information content (AvgIpc) is 1.99. The molecule has 1 aromatic rings. The lowest BCUT2D eigenvalue weighted by atomic mass is 10.3. The van der Waals surface area contributed by atoms with Crippen LogP contribution in [0.5, 0.6) is 5.88 Å². The highest BCUT2D eigenvalue weighted by atomic mass is 16.3. The third-order valence-electron chi connectivity index (χ3n) is 1.75. The Morgan fingerprint density at radius 3 is 2.17 bits per heavy atom. The van der Waals surface area contributed by atoms with E-state index in [4.69, 9.17) is 0 Å². The third kappa shape index (κ3) is 1.47. The molecule has 0 unspecified atom stereocenters. The van der Waals surface area contributed by atoms with Crippen molar-refractivity contribution in [2.75, 3.05) is 19.0 Å². The van der Waals surface area contributed by atoms with E-state index in [0.717, 1.165) is 11.3 Å². The molecule has 0 atom stereocenters. The predicted octanol–water partition coefficient (Wildman–Crippen LogP) is 0.865. The number of aromatic nitrogens is 2. The molecule has 0 saturated heterocycles. The molecule has 0 radical (unpaired) electrons. The van der Waals surface area contributed by atoms with Crippen LogP contribution in [0.3, 0.4) is 0 Å². The molecular formula is C8H13N3O. The molecule has 1 aromatic heterocycles. The van der Waals surface area contributed by atoms with E-state index in [-0.39, 0.29) is 5.88 Å². The second-order valence-electron chi connectivity index (χ2n) is 2.95. The maximum Gasteiger partial charge on any atom is 0.228 e. The predicted molar refractivity (Wildman–Crippen MR) is 47.5 cm³/mol. The van der Waals surface area contributed by atoms with E-state index in [1.165, 1.54) is 0 Å². The minimum Gasteiger partial charge on any atom is -0.493 e. The Labute approximate surface area is 71.9 Å². The van der Waals surface area contributed by atoms with Crippen molar-refractivity contribution < 1.29 is 5.11 Å². The molecule has 1 N–H and O–H groups in total. The van der Waals surface area contributed by atoms with E-state index in [0.29, 0.717) is 5.95 Å². The van der Waals surface area contributed by atoms with Gasteiger partial charge in [0, 0.05) is 25.4 Å². The molecule has 66 valence electrons. The van der Waals surface area contributed by atoms with E-state index >= 15 is 0 Å². The van der Waals surface area contributed by atoms with Crippen LogP contribution in [-0.4, -0.2) is 29.2 Å². The van der Waals surface area contributed by atoms with Gasteiger partial charge in [-0.25, -0.2) is 4.98 Å². The van der Waals surface area contributed by atoms with Gasteiger partial charge < -0.3 is 10.0 Å². The second kappa shape index (κ2) is 2.97. The summed E-state index contributed by atoms with van der Waals surface area (Å²) in [6.07, 6.45) is 0. The van der Waals surface area contributed by atoms with Gasteiger partial charge in [0.05, 0.1) is 0 Å². The summed E-state index contributed by atoms with van der Waals surface area (Å²) in [6.45, 7) is 3.65. The minimum atomic E-state index is 0.0613. The smallest absolute Gasteiger partial charge is 0.228 e. The summed E-state index contributed by atoms with van der Waals surface area (Å²) >= 11 is 0. The summed E-state index contributed by atoms with van der Waals surface area (Å²) in [5, 5.41) is 9.35. The fraction of sp³-hybridized carbons (Fsp3) is 0.500. The lowest BCUT2D eigenvalue weighted by Crippen LogP contribution is -2.13. The molecule has 0 aliphatic carbocycles. The van der Waals surface area contributed by atoms with Gasteiger partial charge in [0.25, 0.3) is 0 Å². The van der Waals surface area contributed by atoms with Crippen molar-refractivity contribution in [3.63, 3.8) is 0 Å². The summed E-state index contributed by atoms with van der Waals surface area (Å²) in [5.41, 5.74) is 1.55. The Morgan fingerprint density at radius 1 is 1.17 bits per heavy atom. The van der Waals surface area contributed by atoms with Crippen LogP contribution in [0.1, 0.15) is 11.3 Å². The molecule has 4 heteroatoms. The Balaban J connectivity index is 3.21. The molecule has 1 rings (SSSR count). The molecule has 0 amide bonds. The first-order valence-corrected chi connectivity index (χ1v) is 3.74. The van der Waals surface area contributed by atoms with Crippen LogP contribution in [0.2, 0.25) is 0 Å². The van der Waals surface area contributed by atoms with E-state index < -0.39 is 0 Å². The Kier molecular flexibility index (Phi) is 2.17. The van der Waals surface area contributed by atoms with E-state index in [1.54, 1.807) is 11.8 Å². The normalized spacial score (nSPS) is 10.0. The van der Waals surface area contributed by atoms with E-state index in [2.05, 4.69) is 9.97 Å². The van der Waals surface area contributed by atoms with E-state index in [9.17, 15) is 5.11 Å². The summed E-state index contributed by atoms with van der Waals surface area (Å²) in [7, 11) is 3.67. The number of anilines is 1. The van der Waals surface area contributed by atoms with Gasteiger partial charge in [-0.05, 0) is 13.8 Å². The van der Waals surface area contributed by atoms with Gasteiger partial charge in [0.2, 0.25) is 11.8 Å². The van der Waals surface area contributed by atoms with Crippen LogP contribution in [0.25, 0.3) is 0 Å². The van der Waals surface area contributed by atoms with Gasteiger partial charge in [-0.1, -0.05) is 0 Å². The number of aryl methyl sites for hydroxylation is 1. The quantitative estimate of drug-likeness (QED) is 0.674.